The molecule has 22 heavy (non-hydrogen) atoms. The van der Waals surface area contributed by atoms with E-state index in [0.717, 1.165) is 18.2 Å². The van der Waals surface area contributed by atoms with Gasteiger partial charge in [0.25, 0.3) is 0 Å². The van der Waals surface area contributed by atoms with Crippen molar-refractivity contribution in [3.8, 4) is 0 Å². The van der Waals surface area contributed by atoms with Gasteiger partial charge in [0.05, 0.1) is 19.6 Å². The molecule has 118 valence electrons. The Morgan fingerprint density at radius 3 is 2.68 bits per heavy atom. The van der Waals surface area contributed by atoms with E-state index >= 15 is 0 Å². The molecule has 2 aliphatic rings. The van der Waals surface area contributed by atoms with E-state index in [1.54, 1.807) is 11.9 Å². The highest BCUT2D eigenvalue weighted by Gasteiger charge is 2.53. The summed E-state index contributed by atoms with van der Waals surface area (Å²) in [4.78, 5) is 26.5. The van der Waals surface area contributed by atoms with Crippen LogP contribution in [-0.2, 0) is 16.0 Å². The number of ether oxygens (including phenoxy) is 1. The third-order valence-corrected chi connectivity index (χ3v) is 4.07. The summed E-state index contributed by atoms with van der Waals surface area (Å²) in [6.07, 6.45) is -0.139. The molecular weight excluding hydrogens is 294 g/mol. The van der Waals surface area contributed by atoms with Crippen molar-refractivity contribution in [3.63, 3.8) is 0 Å². The van der Waals surface area contributed by atoms with E-state index in [1.807, 2.05) is 0 Å². The number of halogens is 2. The van der Waals surface area contributed by atoms with Crippen LogP contribution in [0.1, 0.15) is 12.0 Å². The molecule has 5 nitrogen and oxygen atoms in total. The van der Waals surface area contributed by atoms with Gasteiger partial charge in [-0.1, -0.05) is 0 Å². The maximum Gasteiger partial charge on any atom is 0.410 e. The van der Waals surface area contributed by atoms with Crippen molar-refractivity contribution >= 4 is 12.0 Å². The molecule has 0 radical (unpaired) electrons. The standard InChI is InChI=1S/C15H16F2N2O3/c1-18-7-15(22-14(18)21)8-19(9-15)13(20)5-2-10-6-11(16)3-4-12(10)17/h3-4,6H,2,5,7-9H2,1H3. The zero-order valence-electron chi connectivity index (χ0n) is 12.1. The Bertz CT molecular complexity index is 629. The summed E-state index contributed by atoms with van der Waals surface area (Å²) in [5.41, 5.74) is -0.401. The monoisotopic (exact) mass is 310 g/mol. The summed E-state index contributed by atoms with van der Waals surface area (Å²) >= 11 is 0. The maximum atomic E-state index is 13.5. The van der Waals surface area contributed by atoms with Crippen molar-refractivity contribution in [2.45, 2.75) is 18.4 Å². The lowest BCUT2D eigenvalue weighted by atomic mass is 9.93. The largest absolute Gasteiger partial charge is 0.437 e. The van der Waals surface area contributed by atoms with E-state index in [4.69, 9.17) is 4.74 Å². The number of hydrogen-bond donors (Lipinski definition) is 0. The smallest absolute Gasteiger partial charge is 0.410 e. The van der Waals surface area contributed by atoms with Gasteiger partial charge < -0.3 is 14.5 Å². The highest BCUT2D eigenvalue weighted by molar-refractivity contribution is 5.79. The Labute approximate surface area is 126 Å². The minimum atomic E-state index is -0.592. The minimum Gasteiger partial charge on any atom is -0.437 e. The molecule has 2 saturated heterocycles. The zero-order valence-corrected chi connectivity index (χ0v) is 12.1. The second-order valence-corrected chi connectivity index (χ2v) is 5.89. The fourth-order valence-electron chi connectivity index (χ4n) is 2.92. The van der Waals surface area contributed by atoms with Crippen molar-refractivity contribution in [1.82, 2.24) is 9.80 Å². The Morgan fingerprint density at radius 1 is 1.32 bits per heavy atom. The molecule has 1 aromatic carbocycles. The summed E-state index contributed by atoms with van der Waals surface area (Å²) in [6.45, 7) is 1.18. The number of carbonyl (C=O) groups is 2. The van der Waals surface area contributed by atoms with Gasteiger partial charge in [-0.05, 0) is 30.2 Å². The molecule has 0 aromatic heterocycles. The summed E-state index contributed by atoms with van der Waals surface area (Å²) in [5, 5.41) is 0. The summed E-state index contributed by atoms with van der Waals surface area (Å²) in [7, 11) is 1.65. The first-order valence-corrected chi connectivity index (χ1v) is 7.04. The predicted octanol–water partition coefficient (Wildman–Crippen LogP) is 1.56. The van der Waals surface area contributed by atoms with E-state index < -0.39 is 17.2 Å². The molecule has 2 fully saturated rings. The second-order valence-electron chi connectivity index (χ2n) is 5.89. The topological polar surface area (TPSA) is 49.9 Å². The summed E-state index contributed by atoms with van der Waals surface area (Å²) < 4.78 is 31.8. The number of benzene rings is 1. The first-order valence-electron chi connectivity index (χ1n) is 7.04. The van der Waals surface area contributed by atoms with Gasteiger partial charge in [-0.3, -0.25) is 4.79 Å². The van der Waals surface area contributed by atoms with Crippen LogP contribution in [0.4, 0.5) is 13.6 Å². The van der Waals surface area contributed by atoms with E-state index in [-0.39, 0.29) is 30.4 Å². The number of rotatable bonds is 3. The quantitative estimate of drug-likeness (QED) is 0.851. The highest BCUT2D eigenvalue weighted by atomic mass is 19.1. The van der Waals surface area contributed by atoms with Crippen molar-refractivity contribution in [1.29, 1.82) is 0 Å². The van der Waals surface area contributed by atoms with Crippen LogP contribution >= 0.6 is 0 Å². The predicted molar refractivity (Wildman–Crippen MR) is 73.1 cm³/mol. The average Bonchev–Trinajstić information content (AvgIpc) is 2.74. The molecule has 0 bridgehead atoms. The van der Waals surface area contributed by atoms with Gasteiger partial charge in [-0.15, -0.1) is 0 Å². The van der Waals surface area contributed by atoms with Crippen molar-refractivity contribution in [3.05, 3.63) is 35.4 Å². The number of carbonyl (C=O) groups excluding carboxylic acids is 2. The van der Waals surface area contributed by atoms with Gasteiger partial charge in [0, 0.05) is 13.5 Å². The summed E-state index contributed by atoms with van der Waals surface area (Å²) in [5.74, 6) is -1.19. The lowest BCUT2D eigenvalue weighted by Gasteiger charge is -2.45. The molecule has 0 aliphatic carbocycles. The maximum absolute atomic E-state index is 13.5. The molecule has 0 atom stereocenters. The molecular formula is C15H16F2N2O3. The molecule has 2 amide bonds. The van der Waals surface area contributed by atoms with Crippen LogP contribution in [0.5, 0.6) is 0 Å². The molecule has 0 unspecified atom stereocenters. The van der Waals surface area contributed by atoms with E-state index in [9.17, 15) is 18.4 Å². The first-order chi connectivity index (χ1) is 10.4. The Kier molecular flexibility index (Phi) is 3.50. The summed E-state index contributed by atoms with van der Waals surface area (Å²) in [6, 6.07) is 3.21. The molecule has 1 spiro atoms. The Hall–Kier alpha value is -2.18. The normalized spacial score (nSPS) is 19.3. The molecule has 2 heterocycles. The minimum absolute atomic E-state index is 0.0975. The number of likely N-dealkylation sites (N-methyl/N-ethyl adjacent to an activating group) is 1. The van der Waals surface area contributed by atoms with Crippen LogP contribution in [0.25, 0.3) is 0 Å². The van der Waals surface area contributed by atoms with Gasteiger partial charge in [-0.2, -0.15) is 0 Å². The van der Waals surface area contributed by atoms with Gasteiger partial charge in [-0.25, -0.2) is 13.6 Å². The van der Waals surface area contributed by atoms with Crippen molar-refractivity contribution in [2.24, 2.45) is 0 Å². The number of amides is 2. The van der Waals surface area contributed by atoms with Gasteiger partial charge in [0.15, 0.2) is 5.60 Å². The average molecular weight is 310 g/mol. The van der Waals surface area contributed by atoms with Gasteiger partial charge in [0.1, 0.15) is 11.6 Å². The van der Waals surface area contributed by atoms with Crippen LogP contribution < -0.4 is 0 Å². The molecule has 0 N–H and O–H groups in total. The number of likely N-dealkylation sites (tertiary alicyclic amines) is 1. The molecule has 1 aromatic rings. The van der Waals surface area contributed by atoms with Crippen molar-refractivity contribution < 1.29 is 23.1 Å². The van der Waals surface area contributed by atoms with E-state index in [2.05, 4.69) is 0 Å². The van der Waals surface area contributed by atoms with Crippen LogP contribution in [0.15, 0.2) is 18.2 Å². The van der Waals surface area contributed by atoms with Crippen LogP contribution in [0, 0.1) is 11.6 Å². The van der Waals surface area contributed by atoms with Crippen LogP contribution in [-0.4, -0.2) is 54.1 Å². The van der Waals surface area contributed by atoms with E-state index in [0.29, 0.717) is 19.6 Å². The number of hydrogen-bond acceptors (Lipinski definition) is 3. The Morgan fingerprint density at radius 2 is 2.05 bits per heavy atom. The molecule has 7 heteroatoms. The number of nitrogens with zero attached hydrogens (tertiary/aromatic N) is 2. The van der Waals surface area contributed by atoms with Gasteiger partial charge in [0.2, 0.25) is 5.91 Å². The van der Waals surface area contributed by atoms with Crippen LogP contribution in [0.3, 0.4) is 0 Å². The fraction of sp³-hybridized carbons (Fsp3) is 0.467. The Balaban J connectivity index is 1.52. The van der Waals surface area contributed by atoms with E-state index in [1.165, 1.54) is 4.90 Å². The van der Waals surface area contributed by atoms with Crippen molar-refractivity contribution in [2.75, 3.05) is 26.7 Å². The molecule has 3 rings (SSSR count). The third-order valence-electron chi connectivity index (χ3n) is 4.07. The SMILES string of the molecule is CN1CC2(CN(C(=O)CCc3cc(F)ccc3F)C2)OC1=O. The lowest BCUT2D eigenvalue weighted by Crippen LogP contribution is -2.65. The highest BCUT2D eigenvalue weighted by Crippen LogP contribution is 2.32. The molecule has 2 aliphatic heterocycles. The first kappa shape index (κ1) is 14.7. The second kappa shape index (κ2) is 5.23. The van der Waals surface area contributed by atoms with Crippen LogP contribution in [0.2, 0.25) is 0 Å². The molecule has 0 saturated carbocycles. The van der Waals surface area contributed by atoms with Gasteiger partial charge >= 0.3 is 6.09 Å². The fourth-order valence-corrected chi connectivity index (χ4v) is 2.92. The lowest BCUT2D eigenvalue weighted by molar-refractivity contribution is -0.150. The third kappa shape index (κ3) is 2.63. The number of aryl methyl sites for hydroxylation is 1. The zero-order chi connectivity index (χ0) is 15.9.